The Balaban J connectivity index is 3.48. The first-order valence-corrected chi connectivity index (χ1v) is 9.20. The predicted octanol–water partition coefficient (Wildman–Crippen LogP) is 6.19. The molecule has 1 rings (SSSR count). The lowest BCUT2D eigenvalue weighted by Gasteiger charge is -2.33. The minimum atomic E-state index is -1.25. The van der Waals surface area contributed by atoms with Crippen LogP contribution in [0.1, 0.15) is 78.9 Å². The highest BCUT2D eigenvalue weighted by atomic mass is 35.5. The fraction of sp³-hybridized carbons (Fsp3) is 0.619. The van der Waals surface area contributed by atoms with Crippen LogP contribution in [-0.4, -0.2) is 10.8 Å². The molecule has 0 aliphatic heterocycles. The zero-order valence-electron chi connectivity index (χ0n) is 16.3. The highest BCUT2D eigenvalue weighted by molar-refractivity contribution is 6.65. The minimum Gasteiger partial charge on any atom is -0.478 e. The number of hydrogen-bond donors (Lipinski definition) is 0. The maximum atomic E-state index is 11.8. The van der Waals surface area contributed by atoms with Gasteiger partial charge in [0.1, 0.15) is 5.75 Å². The monoisotopic (exact) mass is 351 g/mol. The predicted molar refractivity (Wildman–Crippen MR) is 103 cm³/mol. The minimum absolute atomic E-state index is 0.0703. The van der Waals surface area contributed by atoms with Gasteiger partial charge in [-0.25, -0.2) is 0 Å². The quantitative estimate of drug-likeness (QED) is 0.522. The van der Waals surface area contributed by atoms with Gasteiger partial charge in [-0.05, 0) is 60.2 Å². The van der Waals surface area contributed by atoms with Crippen molar-refractivity contribution in [1.29, 1.82) is 0 Å². The van der Waals surface area contributed by atoms with E-state index in [-0.39, 0.29) is 10.8 Å². The van der Waals surface area contributed by atoms with Crippen molar-refractivity contribution in [2.45, 2.75) is 84.2 Å². The third kappa shape index (κ3) is 4.33. The molecule has 0 saturated heterocycles. The normalized spacial score (nSPS) is 15.0. The second-order valence-corrected chi connectivity index (χ2v) is 8.25. The SMILES string of the molecule is [CH2]C(CC)(Oc1ccc(C(C)(C)CC)cc1C(C)(C)CC)C(=O)Cl. The van der Waals surface area contributed by atoms with Crippen molar-refractivity contribution in [1.82, 2.24) is 0 Å². The van der Waals surface area contributed by atoms with Crippen LogP contribution in [0.25, 0.3) is 0 Å². The Morgan fingerprint density at radius 3 is 2.00 bits per heavy atom. The van der Waals surface area contributed by atoms with Crippen LogP contribution in [0.3, 0.4) is 0 Å². The van der Waals surface area contributed by atoms with Gasteiger partial charge in [-0.2, -0.15) is 0 Å². The van der Waals surface area contributed by atoms with Gasteiger partial charge >= 0.3 is 0 Å². The molecule has 0 N–H and O–H groups in total. The van der Waals surface area contributed by atoms with Crippen molar-refractivity contribution in [3.8, 4) is 5.75 Å². The van der Waals surface area contributed by atoms with Crippen molar-refractivity contribution in [2.24, 2.45) is 0 Å². The molecule has 2 nitrogen and oxygen atoms in total. The van der Waals surface area contributed by atoms with E-state index in [1.54, 1.807) is 0 Å². The van der Waals surface area contributed by atoms with E-state index in [0.717, 1.165) is 18.4 Å². The number of carbonyl (C=O) groups excluding carboxylic acids is 1. The molecule has 1 aromatic rings. The van der Waals surface area contributed by atoms with E-state index in [2.05, 4.69) is 60.6 Å². The highest BCUT2D eigenvalue weighted by Crippen LogP contribution is 2.40. The molecule has 0 aromatic heterocycles. The van der Waals surface area contributed by atoms with Gasteiger partial charge in [-0.15, -0.1) is 0 Å². The zero-order valence-corrected chi connectivity index (χ0v) is 17.0. The van der Waals surface area contributed by atoms with Gasteiger partial charge in [-0.3, -0.25) is 4.79 Å². The van der Waals surface area contributed by atoms with Crippen molar-refractivity contribution < 1.29 is 9.53 Å². The van der Waals surface area contributed by atoms with Crippen LogP contribution in [0.5, 0.6) is 5.75 Å². The smallest absolute Gasteiger partial charge is 0.265 e. The van der Waals surface area contributed by atoms with Gasteiger partial charge in [0.15, 0.2) is 5.60 Å². The number of benzene rings is 1. The second kappa shape index (κ2) is 7.47. The van der Waals surface area contributed by atoms with Crippen LogP contribution in [-0.2, 0) is 15.6 Å². The summed E-state index contributed by atoms with van der Waals surface area (Å²) >= 11 is 5.74. The molecular formula is C21H32ClO2. The Bertz CT molecular complexity index is 590. The topological polar surface area (TPSA) is 26.3 Å². The molecule has 135 valence electrons. The fourth-order valence-electron chi connectivity index (χ4n) is 2.43. The van der Waals surface area contributed by atoms with E-state index in [4.69, 9.17) is 16.3 Å². The van der Waals surface area contributed by atoms with Crippen LogP contribution < -0.4 is 4.74 Å². The lowest BCUT2D eigenvalue weighted by Crippen LogP contribution is -2.39. The van der Waals surface area contributed by atoms with Crippen LogP contribution >= 0.6 is 11.6 Å². The van der Waals surface area contributed by atoms with Crippen molar-refractivity contribution >= 4 is 16.8 Å². The molecule has 1 radical (unpaired) electrons. The Morgan fingerprint density at radius 2 is 1.58 bits per heavy atom. The number of ether oxygens (including phenoxy) is 1. The molecule has 0 heterocycles. The molecule has 0 amide bonds. The molecule has 3 heteroatoms. The molecule has 0 saturated carbocycles. The van der Waals surface area contributed by atoms with E-state index in [0.29, 0.717) is 12.2 Å². The van der Waals surface area contributed by atoms with Crippen LogP contribution in [0.2, 0.25) is 0 Å². The number of carbonyl (C=O) groups is 1. The van der Waals surface area contributed by atoms with Gasteiger partial charge in [-0.1, -0.05) is 60.6 Å². The average Bonchev–Trinajstić information content (AvgIpc) is 2.54. The number of hydrogen-bond acceptors (Lipinski definition) is 2. The zero-order chi connectivity index (χ0) is 18.8. The van der Waals surface area contributed by atoms with Gasteiger partial charge in [0, 0.05) is 5.56 Å². The highest BCUT2D eigenvalue weighted by Gasteiger charge is 2.35. The summed E-state index contributed by atoms with van der Waals surface area (Å²) in [5.41, 5.74) is 1.15. The van der Waals surface area contributed by atoms with E-state index >= 15 is 0 Å². The fourth-order valence-corrected chi connectivity index (χ4v) is 2.60. The Kier molecular flexibility index (Phi) is 6.55. The van der Waals surface area contributed by atoms with Crippen molar-refractivity contribution in [3.63, 3.8) is 0 Å². The first kappa shape index (κ1) is 21.0. The Morgan fingerprint density at radius 1 is 1.04 bits per heavy atom. The maximum Gasteiger partial charge on any atom is 0.265 e. The molecule has 1 unspecified atom stereocenters. The molecular weight excluding hydrogens is 320 g/mol. The molecule has 24 heavy (non-hydrogen) atoms. The first-order chi connectivity index (χ1) is 10.9. The maximum absolute atomic E-state index is 11.8. The lowest BCUT2D eigenvalue weighted by atomic mass is 9.76. The largest absolute Gasteiger partial charge is 0.478 e. The molecule has 1 aromatic carbocycles. The Labute approximate surface area is 152 Å². The molecule has 0 aliphatic rings. The molecule has 1 atom stereocenters. The van der Waals surface area contributed by atoms with Gasteiger partial charge in [0.05, 0.1) is 0 Å². The molecule has 0 spiro atoms. The van der Waals surface area contributed by atoms with Gasteiger partial charge in [0.2, 0.25) is 0 Å². The second-order valence-electron chi connectivity index (χ2n) is 7.91. The summed E-state index contributed by atoms with van der Waals surface area (Å²) in [5, 5.41) is -0.566. The standard InChI is InChI=1S/C21H32ClO2/c1-9-19(4,5)15-12-13-17(16(14-15)20(6,7)10-2)24-21(8,11-3)18(22)23/h12-14H,8-11H2,1-7H3. The summed E-state index contributed by atoms with van der Waals surface area (Å²) in [6.45, 7) is 19.0. The van der Waals surface area contributed by atoms with E-state index < -0.39 is 10.8 Å². The summed E-state index contributed by atoms with van der Waals surface area (Å²) in [5.74, 6) is 0.698. The van der Waals surface area contributed by atoms with Crippen molar-refractivity contribution in [2.75, 3.05) is 0 Å². The van der Waals surface area contributed by atoms with Crippen LogP contribution in [0.4, 0.5) is 0 Å². The average molecular weight is 352 g/mol. The summed E-state index contributed by atoms with van der Waals surface area (Å²) in [7, 11) is 0. The molecule has 0 bridgehead atoms. The summed E-state index contributed by atoms with van der Waals surface area (Å²) in [6.07, 6.45) is 2.43. The molecule has 0 aliphatic carbocycles. The summed E-state index contributed by atoms with van der Waals surface area (Å²) in [6, 6.07) is 6.27. The lowest BCUT2D eigenvalue weighted by molar-refractivity contribution is -0.123. The van der Waals surface area contributed by atoms with Crippen LogP contribution in [0, 0.1) is 6.92 Å². The van der Waals surface area contributed by atoms with E-state index in [1.165, 1.54) is 5.56 Å². The third-order valence-electron chi connectivity index (χ3n) is 5.49. The van der Waals surface area contributed by atoms with Gasteiger partial charge in [0.25, 0.3) is 5.24 Å². The summed E-state index contributed by atoms with van der Waals surface area (Å²) in [4.78, 5) is 11.8. The summed E-state index contributed by atoms with van der Waals surface area (Å²) < 4.78 is 6.04. The van der Waals surface area contributed by atoms with E-state index in [9.17, 15) is 4.79 Å². The third-order valence-corrected chi connectivity index (χ3v) is 5.84. The number of halogens is 1. The van der Waals surface area contributed by atoms with Gasteiger partial charge < -0.3 is 4.74 Å². The van der Waals surface area contributed by atoms with E-state index in [1.807, 2.05) is 13.0 Å². The van der Waals surface area contributed by atoms with Crippen molar-refractivity contribution in [3.05, 3.63) is 36.2 Å². The number of rotatable bonds is 8. The first-order valence-electron chi connectivity index (χ1n) is 8.82. The van der Waals surface area contributed by atoms with Crippen LogP contribution in [0.15, 0.2) is 18.2 Å². The Hall–Kier alpha value is -1.02. The molecule has 0 fully saturated rings.